The second-order valence-corrected chi connectivity index (χ2v) is 2.40. The van der Waals surface area contributed by atoms with Crippen LogP contribution < -0.4 is 11.1 Å². The van der Waals surface area contributed by atoms with Crippen LogP contribution in [0.25, 0.3) is 0 Å². The van der Waals surface area contributed by atoms with E-state index in [9.17, 15) is 0 Å². The molecule has 1 aromatic rings. The molecule has 0 unspecified atom stereocenters. The molecule has 11 heavy (non-hydrogen) atoms. The first-order chi connectivity index (χ1) is 5.43. The van der Waals surface area contributed by atoms with Crippen LogP contribution in [0, 0.1) is 0 Å². The minimum Gasteiger partial charge on any atom is -0.385 e. The molecule has 0 fully saturated rings. The molecule has 2 N–H and O–H groups in total. The summed E-state index contributed by atoms with van der Waals surface area (Å²) in [5.74, 6) is 0. The first-order valence-electron chi connectivity index (χ1n) is 3.87. The van der Waals surface area contributed by atoms with E-state index in [-0.39, 0.29) is 0 Å². The normalized spacial score (nSPS) is 9.55. The van der Waals surface area contributed by atoms with Crippen LogP contribution in [0.4, 0.5) is 5.69 Å². The van der Waals surface area contributed by atoms with Crippen molar-refractivity contribution in [3.05, 3.63) is 30.3 Å². The predicted molar refractivity (Wildman–Crippen MR) is 47.5 cm³/mol. The maximum absolute atomic E-state index is 6.93. The fraction of sp³-hybridized carbons (Fsp3) is 0.333. The maximum atomic E-state index is 6.93. The minimum absolute atomic E-state index is 0.500. The third-order valence-electron chi connectivity index (χ3n) is 1.46. The van der Waals surface area contributed by atoms with Crippen molar-refractivity contribution in [2.75, 3.05) is 18.4 Å². The number of hydrogen-bond acceptors (Lipinski definition) is 1. The predicted octanol–water partition coefficient (Wildman–Crippen LogP) is 1.77. The molecule has 59 valence electrons. The van der Waals surface area contributed by atoms with E-state index in [1.807, 2.05) is 30.3 Å². The molecule has 0 atom stereocenters. The Morgan fingerprint density at radius 1 is 1.18 bits per heavy atom. The molecule has 0 aliphatic carbocycles. The summed E-state index contributed by atoms with van der Waals surface area (Å²) in [6.07, 6.45) is 0.912. The van der Waals surface area contributed by atoms with Gasteiger partial charge in [0.1, 0.15) is 0 Å². The minimum atomic E-state index is 0.500. The van der Waals surface area contributed by atoms with Gasteiger partial charge >= 0.3 is 0 Å². The van der Waals surface area contributed by atoms with Gasteiger partial charge in [-0.15, -0.1) is 0 Å². The number of anilines is 1. The van der Waals surface area contributed by atoms with Crippen LogP contribution in [-0.2, 0) is 0 Å². The average molecular weight is 149 g/mol. The Morgan fingerprint density at radius 2 is 1.91 bits per heavy atom. The summed E-state index contributed by atoms with van der Waals surface area (Å²) in [5, 5.41) is 3.23. The maximum Gasteiger partial charge on any atom is 0.0340 e. The molecule has 0 spiro atoms. The van der Waals surface area contributed by atoms with Gasteiger partial charge in [-0.1, -0.05) is 18.2 Å². The monoisotopic (exact) mass is 149 g/mol. The van der Waals surface area contributed by atoms with Crippen molar-refractivity contribution in [2.45, 2.75) is 6.42 Å². The van der Waals surface area contributed by atoms with E-state index in [2.05, 4.69) is 5.32 Å². The molecule has 0 saturated heterocycles. The lowest BCUT2D eigenvalue weighted by atomic mass is 10.3. The molecule has 2 nitrogen and oxygen atoms in total. The quantitative estimate of drug-likeness (QED) is 0.651. The third kappa shape index (κ3) is 3.05. The molecule has 0 amide bonds. The third-order valence-corrected chi connectivity index (χ3v) is 1.46. The van der Waals surface area contributed by atoms with Crippen molar-refractivity contribution in [3.63, 3.8) is 0 Å². The van der Waals surface area contributed by atoms with Gasteiger partial charge in [-0.2, -0.15) is 0 Å². The summed E-state index contributed by atoms with van der Waals surface area (Å²) in [6.45, 7) is 1.40. The van der Waals surface area contributed by atoms with E-state index >= 15 is 0 Å². The van der Waals surface area contributed by atoms with Gasteiger partial charge in [0, 0.05) is 18.8 Å². The smallest absolute Gasteiger partial charge is 0.0340 e. The first kappa shape index (κ1) is 8.08. The largest absolute Gasteiger partial charge is 0.385 e. The van der Waals surface area contributed by atoms with Crippen LogP contribution in [0.15, 0.2) is 30.3 Å². The summed E-state index contributed by atoms with van der Waals surface area (Å²) in [6, 6.07) is 10.1. The topological polar surface area (TPSA) is 35.8 Å². The Kier molecular flexibility index (Phi) is 3.48. The van der Waals surface area contributed by atoms with Crippen LogP contribution >= 0.6 is 0 Å². The zero-order valence-electron chi connectivity index (χ0n) is 6.51. The Morgan fingerprint density at radius 3 is 2.55 bits per heavy atom. The molecule has 0 bridgehead atoms. The lowest BCUT2D eigenvalue weighted by Gasteiger charge is -2.03. The van der Waals surface area contributed by atoms with Crippen molar-refractivity contribution in [1.82, 2.24) is 5.73 Å². The van der Waals surface area contributed by atoms with Crippen molar-refractivity contribution in [2.24, 2.45) is 0 Å². The van der Waals surface area contributed by atoms with Crippen LogP contribution in [-0.4, -0.2) is 13.1 Å². The summed E-state index contributed by atoms with van der Waals surface area (Å²) < 4.78 is 0. The molecule has 1 aromatic carbocycles. The molecule has 0 saturated carbocycles. The molecule has 2 heteroatoms. The summed E-state index contributed by atoms with van der Waals surface area (Å²) in [7, 11) is 0. The first-order valence-corrected chi connectivity index (χ1v) is 3.87. The average Bonchev–Trinajstić information content (AvgIpc) is 2.07. The molecule has 0 aliphatic heterocycles. The second-order valence-electron chi connectivity index (χ2n) is 2.40. The number of para-hydroxylation sites is 1. The van der Waals surface area contributed by atoms with Gasteiger partial charge in [-0.05, 0) is 18.6 Å². The number of benzene rings is 1. The van der Waals surface area contributed by atoms with Crippen LogP contribution in [0.3, 0.4) is 0 Å². The van der Waals surface area contributed by atoms with Crippen LogP contribution in [0.1, 0.15) is 6.42 Å². The molecule has 0 aliphatic rings. The lowest BCUT2D eigenvalue weighted by Crippen LogP contribution is -2.03. The van der Waals surface area contributed by atoms with E-state index in [0.29, 0.717) is 6.54 Å². The van der Waals surface area contributed by atoms with Gasteiger partial charge in [0.2, 0.25) is 0 Å². The zero-order chi connectivity index (χ0) is 7.94. The fourth-order valence-electron chi connectivity index (χ4n) is 0.877. The lowest BCUT2D eigenvalue weighted by molar-refractivity contribution is 0.856. The van der Waals surface area contributed by atoms with Crippen molar-refractivity contribution < 1.29 is 0 Å². The van der Waals surface area contributed by atoms with E-state index in [4.69, 9.17) is 5.73 Å². The van der Waals surface area contributed by atoms with Gasteiger partial charge in [-0.25, -0.2) is 0 Å². The highest BCUT2D eigenvalue weighted by atomic mass is 14.9. The number of rotatable bonds is 4. The van der Waals surface area contributed by atoms with Crippen LogP contribution in [0.5, 0.6) is 0 Å². The fourth-order valence-corrected chi connectivity index (χ4v) is 0.877. The van der Waals surface area contributed by atoms with Gasteiger partial charge in [0.05, 0.1) is 0 Å². The molecular weight excluding hydrogens is 136 g/mol. The Hall–Kier alpha value is -1.02. The Labute approximate surface area is 67.4 Å². The molecule has 0 aromatic heterocycles. The highest BCUT2D eigenvalue weighted by molar-refractivity contribution is 5.42. The molecule has 1 radical (unpaired) electrons. The second kappa shape index (κ2) is 4.74. The van der Waals surface area contributed by atoms with Crippen molar-refractivity contribution in [3.8, 4) is 0 Å². The summed E-state index contributed by atoms with van der Waals surface area (Å²) in [5.41, 5.74) is 8.07. The van der Waals surface area contributed by atoms with Gasteiger partial charge in [0.25, 0.3) is 0 Å². The van der Waals surface area contributed by atoms with E-state index in [1.54, 1.807) is 0 Å². The highest BCUT2D eigenvalue weighted by Crippen LogP contribution is 2.03. The molecule has 1 rings (SSSR count). The summed E-state index contributed by atoms with van der Waals surface area (Å²) in [4.78, 5) is 0. The van der Waals surface area contributed by atoms with E-state index < -0.39 is 0 Å². The molecular formula is C9H13N2. The molecule has 0 heterocycles. The van der Waals surface area contributed by atoms with Crippen molar-refractivity contribution in [1.29, 1.82) is 0 Å². The van der Waals surface area contributed by atoms with Crippen molar-refractivity contribution >= 4 is 5.69 Å². The standard InChI is InChI=1S/C9H13N2/c10-7-4-8-11-9-5-2-1-3-6-9/h1-3,5-6,10-11H,4,7-8H2. The van der Waals surface area contributed by atoms with Crippen LogP contribution in [0.2, 0.25) is 0 Å². The SMILES string of the molecule is [NH]CCCNc1ccccc1. The van der Waals surface area contributed by atoms with Gasteiger partial charge in [0.15, 0.2) is 0 Å². The van der Waals surface area contributed by atoms with Gasteiger partial charge < -0.3 is 5.32 Å². The number of hydrogen-bond donors (Lipinski definition) is 1. The zero-order valence-corrected chi connectivity index (χ0v) is 6.51. The Balaban J connectivity index is 2.28. The van der Waals surface area contributed by atoms with E-state index in [1.165, 1.54) is 0 Å². The Bertz CT molecular complexity index is 184. The van der Waals surface area contributed by atoms with E-state index in [0.717, 1.165) is 18.7 Å². The number of nitrogens with one attached hydrogen (secondary N) is 2. The van der Waals surface area contributed by atoms with Gasteiger partial charge in [-0.3, -0.25) is 5.73 Å². The highest BCUT2D eigenvalue weighted by Gasteiger charge is 1.86. The summed E-state index contributed by atoms with van der Waals surface area (Å²) >= 11 is 0.